The van der Waals surface area contributed by atoms with Crippen LogP contribution < -0.4 is 11.1 Å². The molecule has 0 saturated heterocycles. The zero-order valence-corrected chi connectivity index (χ0v) is 11.7. The van der Waals surface area contributed by atoms with E-state index in [1.54, 1.807) is 19.1 Å². The molecule has 1 atom stereocenters. The molecule has 1 heterocycles. The van der Waals surface area contributed by atoms with Crippen molar-refractivity contribution < 1.29 is 9.32 Å². The third-order valence-electron chi connectivity index (χ3n) is 2.60. The second-order valence-corrected chi connectivity index (χ2v) is 4.79. The van der Waals surface area contributed by atoms with Crippen molar-refractivity contribution in [2.45, 2.75) is 19.4 Å². The van der Waals surface area contributed by atoms with Crippen LogP contribution in [0.3, 0.4) is 0 Å². The Morgan fingerprint density at radius 3 is 3.05 bits per heavy atom. The lowest BCUT2D eigenvalue weighted by atomic mass is 10.2. The highest BCUT2D eigenvalue weighted by molar-refractivity contribution is 6.30. The number of nitrogens with one attached hydrogen (secondary N) is 1. The molecule has 0 fully saturated rings. The number of carbonyl (C=O) groups is 1. The van der Waals surface area contributed by atoms with Gasteiger partial charge in [-0.05, 0) is 19.1 Å². The third kappa shape index (κ3) is 3.79. The van der Waals surface area contributed by atoms with Gasteiger partial charge >= 0.3 is 0 Å². The summed E-state index contributed by atoms with van der Waals surface area (Å²) < 4.78 is 5.11. The highest BCUT2D eigenvalue weighted by Gasteiger charge is 2.10. The Bertz CT molecular complexity index is 598. The highest BCUT2D eigenvalue weighted by Crippen LogP contribution is 2.19. The van der Waals surface area contributed by atoms with Crippen LogP contribution in [0.4, 0.5) is 0 Å². The van der Waals surface area contributed by atoms with Gasteiger partial charge in [-0.2, -0.15) is 4.98 Å². The summed E-state index contributed by atoms with van der Waals surface area (Å²) in [6.45, 7) is 2.02. The number of amides is 1. The standard InChI is InChI=1S/C13H15ClN4O2/c1-8(15)13(19)16-6-5-11-17-12(18-20-11)9-3-2-4-10(14)7-9/h2-4,7-8H,5-6,15H2,1H3,(H,16,19)/t8-/m1/s1. The van der Waals surface area contributed by atoms with Gasteiger partial charge in [-0.1, -0.05) is 28.9 Å². The normalized spacial score (nSPS) is 12.2. The topological polar surface area (TPSA) is 94.0 Å². The molecule has 0 unspecified atom stereocenters. The SMILES string of the molecule is C[C@@H](N)C(=O)NCCc1nc(-c2cccc(Cl)c2)no1. The van der Waals surface area contributed by atoms with E-state index in [0.717, 1.165) is 5.56 Å². The Morgan fingerprint density at radius 2 is 2.35 bits per heavy atom. The fourth-order valence-electron chi connectivity index (χ4n) is 1.55. The first-order chi connectivity index (χ1) is 9.56. The first kappa shape index (κ1) is 14.5. The van der Waals surface area contributed by atoms with Crippen molar-refractivity contribution in [1.82, 2.24) is 15.5 Å². The Hall–Kier alpha value is -1.92. The lowest BCUT2D eigenvalue weighted by Crippen LogP contribution is -2.39. The molecule has 0 aliphatic carbocycles. The van der Waals surface area contributed by atoms with Gasteiger partial charge in [0, 0.05) is 23.6 Å². The molecular weight excluding hydrogens is 280 g/mol. The lowest BCUT2D eigenvalue weighted by molar-refractivity contribution is -0.121. The predicted octanol–water partition coefficient (Wildman–Crippen LogP) is 1.40. The van der Waals surface area contributed by atoms with E-state index in [2.05, 4.69) is 15.5 Å². The number of carbonyl (C=O) groups excluding carboxylic acids is 1. The van der Waals surface area contributed by atoms with Crippen LogP contribution in [0.25, 0.3) is 11.4 Å². The zero-order valence-electron chi connectivity index (χ0n) is 11.0. The van der Waals surface area contributed by atoms with E-state index in [9.17, 15) is 4.79 Å². The van der Waals surface area contributed by atoms with Crippen molar-refractivity contribution >= 4 is 17.5 Å². The minimum absolute atomic E-state index is 0.209. The maximum Gasteiger partial charge on any atom is 0.236 e. The summed E-state index contributed by atoms with van der Waals surface area (Å²) in [5.74, 6) is 0.713. The molecule has 3 N–H and O–H groups in total. The van der Waals surface area contributed by atoms with Crippen LogP contribution in [0.15, 0.2) is 28.8 Å². The molecule has 2 aromatic rings. The molecule has 7 heteroatoms. The molecule has 1 aromatic heterocycles. The Morgan fingerprint density at radius 1 is 1.55 bits per heavy atom. The van der Waals surface area contributed by atoms with Gasteiger partial charge in [0.2, 0.25) is 17.6 Å². The molecule has 0 radical (unpaired) electrons. The molecule has 106 valence electrons. The van der Waals surface area contributed by atoms with Gasteiger partial charge in [0.15, 0.2) is 0 Å². The van der Waals surface area contributed by atoms with Gasteiger partial charge < -0.3 is 15.6 Å². The van der Waals surface area contributed by atoms with E-state index in [0.29, 0.717) is 29.7 Å². The van der Waals surface area contributed by atoms with Crippen molar-refractivity contribution in [2.24, 2.45) is 5.73 Å². The van der Waals surface area contributed by atoms with Crippen molar-refractivity contribution in [3.63, 3.8) is 0 Å². The number of aromatic nitrogens is 2. The molecule has 20 heavy (non-hydrogen) atoms. The number of halogens is 1. The van der Waals surface area contributed by atoms with Gasteiger partial charge in [-0.3, -0.25) is 4.79 Å². The van der Waals surface area contributed by atoms with Crippen LogP contribution in [-0.2, 0) is 11.2 Å². The Labute approximate surface area is 121 Å². The summed E-state index contributed by atoms with van der Waals surface area (Å²) in [5, 5.41) is 7.16. The molecule has 0 saturated carbocycles. The van der Waals surface area contributed by atoms with E-state index in [4.69, 9.17) is 21.9 Å². The lowest BCUT2D eigenvalue weighted by Gasteiger charge is -2.05. The maximum absolute atomic E-state index is 11.3. The summed E-state index contributed by atoms with van der Waals surface area (Å²) in [7, 11) is 0. The fourth-order valence-corrected chi connectivity index (χ4v) is 1.75. The quantitative estimate of drug-likeness (QED) is 0.869. The van der Waals surface area contributed by atoms with Gasteiger partial charge in [0.25, 0.3) is 0 Å². The van der Waals surface area contributed by atoms with Crippen LogP contribution in [0.2, 0.25) is 5.02 Å². The van der Waals surface area contributed by atoms with E-state index in [1.807, 2.05) is 12.1 Å². The molecule has 6 nitrogen and oxygen atoms in total. The summed E-state index contributed by atoms with van der Waals surface area (Å²) in [6.07, 6.45) is 0.450. The number of hydrogen-bond acceptors (Lipinski definition) is 5. The van der Waals surface area contributed by atoms with Crippen molar-refractivity contribution in [2.75, 3.05) is 6.54 Å². The fraction of sp³-hybridized carbons (Fsp3) is 0.308. The molecule has 0 bridgehead atoms. The van der Waals surface area contributed by atoms with Crippen LogP contribution in [0.1, 0.15) is 12.8 Å². The highest BCUT2D eigenvalue weighted by atomic mass is 35.5. The van der Waals surface area contributed by atoms with Crippen LogP contribution in [0.5, 0.6) is 0 Å². The van der Waals surface area contributed by atoms with E-state index >= 15 is 0 Å². The van der Waals surface area contributed by atoms with Crippen LogP contribution in [-0.4, -0.2) is 28.6 Å². The van der Waals surface area contributed by atoms with Gasteiger partial charge in [-0.25, -0.2) is 0 Å². The van der Waals surface area contributed by atoms with Crippen LogP contribution >= 0.6 is 11.6 Å². The molecular formula is C13H15ClN4O2. The number of benzene rings is 1. The first-order valence-electron chi connectivity index (χ1n) is 6.18. The monoisotopic (exact) mass is 294 g/mol. The molecule has 1 amide bonds. The average molecular weight is 295 g/mol. The predicted molar refractivity (Wildman–Crippen MR) is 75.1 cm³/mol. The Balaban J connectivity index is 1.94. The average Bonchev–Trinajstić information content (AvgIpc) is 2.87. The zero-order chi connectivity index (χ0) is 14.5. The van der Waals surface area contributed by atoms with Gasteiger partial charge in [-0.15, -0.1) is 0 Å². The van der Waals surface area contributed by atoms with Crippen molar-refractivity contribution in [1.29, 1.82) is 0 Å². The summed E-state index contributed by atoms with van der Waals surface area (Å²) in [6, 6.07) is 6.66. The molecule has 0 spiro atoms. The van der Waals surface area contributed by atoms with Crippen molar-refractivity contribution in [3.05, 3.63) is 35.2 Å². The molecule has 0 aliphatic rings. The van der Waals surface area contributed by atoms with Crippen molar-refractivity contribution in [3.8, 4) is 11.4 Å². The maximum atomic E-state index is 11.3. The smallest absolute Gasteiger partial charge is 0.236 e. The molecule has 0 aliphatic heterocycles. The Kier molecular flexibility index (Phi) is 4.70. The first-order valence-corrected chi connectivity index (χ1v) is 6.56. The minimum Gasteiger partial charge on any atom is -0.354 e. The number of rotatable bonds is 5. The van der Waals surface area contributed by atoms with E-state index < -0.39 is 6.04 Å². The number of nitrogens with zero attached hydrogens (tertiary/aromatic N) is 2. The minimum atomic E-state index is -0.528. The molecule has 1 aromatic carbocycles. The molecule has 2 rings (SSSR count). The largest absolute Gasteiger partial charge is 0.354 e. The summed E-state index contributed by atoms with van der Waals surface area (Å²) >= 11 is 5.90. The summed E-state index contributed by atoms with van der Waals surface area (Å²) in [5.41, 5.74) is 6.22. The van der Waals surface area contributed by atoms with E-state index in [1.165, 1.54) is 0 Å². The van der Waals surface area contributed by atoms with Gasteiger partial charge in [0.05, 0.1) is 6.04 Å². The van der Waals surface area contributed by atoms with Crippen LogP contribution in [0, 0.1) is 0 Å². The van der Waals surface area contributed by atoms with E-state index in [-0.39, 0.29) is 5.91 Å². The van der Waals surface area contributed by atoms with Gasteiger partial charge in [0.1, 0.15) is 0 Å². The number of hydrogen-bond donors (Lipinski definition) is 2. The number of nitrogens with two attached hydrogens (primary N) is 1. The second-order valence-electron chi connectivity index (χ2n) is 4.35. The summed E-state index contributed by atoms with van der Waals surface area (Å²) in [4.78, 5) is 15.5. The second kappa shape index (κ2) is 6.49. The third-order valence-corrected chi connectivity index (χ3v) is 2.84.